The maximum absolute atomic E-state index is 5.88. The molecule has 0 N–H and O–H groups in total. The van der Waals surface area contributed by atoms with Crippen molar-refractivity contribution in [1.29, 1.82) is 0 Å². The van der Waals surface area contributed by atoms with E-state index in [0.29, 0.717) is 19.1 Å². The molecule has 1 aromatic carbocycles. The highest BCUT2D eigenvalue weighted by molar-refractivity contribution is 6.17. The Morgan fingerprint density at radius 1 is 1.18 bits per heavy atom. The van der Waals surface area contributed by atoms with Crippen LogP contribution in [0.1, 0.15) is 31.9 Å². The van der Waals surface area contributed by atoms with Crippen LogP contribution in [0.25, 0.3) is 0 Å². The zero-order valence-electron chi connectivity index (χ0n) is 11.0. The van der Waals surface area contributed by atoms with E-state index >= 15 is 0 Å². The van der Waals surface area contributed by atoms with Crippen LogP contribution in [0.4, 0.5) is 0 Å². The lowest BCUT2D eigenvalue weighted by Gasteiger charge is -2.20. The highest BCUT2D eigenvalue weighted by Crippen LogP contribution is 2.21. The number of aryl methyl sites for hydroxylation is 1. The van der Waals surface area contributed by atoms with E-state index < -0.39 is 0 Å². The third-order valence-electron chi connectivity index (χ3n) is 2.24. The summed E-state index contributed by atoms with van der Waals surface area (Å²) in [6.07, 6.45) is 0. The zero-order valence-corrected chi connectivity index (χ0v) is 11.8. The van der Waals surface area contributed by atoms with Gasteiger partial charge >= 0.3 is 0 Å². The molecule has 0 fully saturated rings. The van der Waals surface area contributed by atoms with Crippen molar-refractivity contribution >= 4 is 11.6 Å². The molecule has 17 heavy (non-hydrogen) atoms. The average Bonchev–Trinajstić information content (AvgIpc) is 2.24. The third-order valence-corrected chi connectivity index (χ3v) is 2.52. The summed E-state index contributed by atoms with van der Waals surface area (Å²) in [4.78, 5) is 0. The van der Waals surface area contributed by atoms with Crippen LogP contribution in [-0.2, 0) is 10.6 Å². The second-order valence-electron chi connectivity index (χ2n) is 5.05. The van der Waals surface area contributed by atoms with Crippen LogP contribution in [0, 0.1) is 6.92 Å². The molecule has 0 heterocycles. The Bertz CT molecular complexity index is 356. The van der Waals surface area contributed by atoms with Crippen molar-refractivity contribution in [3.8, 4) is 5.75 Å². The third kappa shape index (κ3) is 5.42. The zero-order chi connectivity index (χ0) is 12.9. The Balaban J connectivity index is 2.46. The number of rotatable bonds is 5. The summed E-state index contributed by atoms with van der Waals surface area (Å²) >= 11 is 5.88. The molecule has 3 heteroatoms. The van der Waals surface area contributed by atoms with Gasteiger partial charge < -0.3 is 9.47 Å². The number of hydrogen-bond acceptors (Lipinski definition) is 2. The molecule has 0 unspecified atom stereocenters. The van der Waals surface area contributed by atoms with E-state index in [1.165, 1.54) is 5.56 Å². The highest BCUT2D eigenvalue weighted by atomic mass is 35.5. The molecule has 0 radical (unpaired) electrons. The molecular formula is C14H21ClO2. The average molecular weight is 257 g/mol. The second kappa shape index (κ2) is 6.27. The van der Waals surface area contributed by atoms with Crippen LogP contribution in [0.3, 0.4) is 0 Å². The highest BCUT2D eigenvalue weighted by Gasteiger charge is 2.09. The van der Waals surface area contributed by atoms with E-state index in [-0.39, 0.29) is 5.60 Å². The molecule has 0 aliphatic heterocycles. The molecule has 0 spiro atoms. The Labute approximate surface area is 109 Å². The molecule has 2 nitrogen and oxygen atoms in total. The van der Waals surface area contributed by atoms with Crippen LogP contribution >= 0.6 is 11.6 Å². The normalized spacial score (nSPS) is 11.6. The number of halogens is 1. The molecule has 0 aliphatic carbocycles. The standard InChI is InChI=1S/C14H21ClO2/c1-11-5-6-13(12(9-11)10-15)16-7-8-17-14(2,3)4/h5-6,9H,7-8,10H2,1-4H3. The fourth-order valence-corrected chi connectivity index (χ4v) is 1.66. The molecule has 0 saturated carbocycles. The molecule has 0 saturated heterocycles. The lowest BCUT2D eigenvalue weighted by Crippen LogP contribution is -2.22. The number of alkyl halides is 1. The van der Waals surface area contributed by atoms with E-state index in [1.807, 2.05) is 45.9 Å². The van der Waals surface area contributed by atoms with Gasteiger partial charge in [0.1, 0.15) is 12.4 Å². The van der Waals surface area contributed by atoms with Gasteiger partial charge in [-0.1, -0.05) is 17.7 Å². The van der Waals surface area contributed by atoms with Gasteiger partial charge in [-0.25, -0.2) is 0 Å². The molecule has 1 rings (SSSR count). The van der Waals surface area contributed by atoms with E-state index in [4.69, 9.17) is 21.1 Å². The van der Waals surface area contributed by atoms with Gasteiger partial charge in [-0.3, -0.25) is 0 Å². The number of ether oxygens (including phenoxy) is 2. The first kappa shape index (κ1) is 14.3. The van der Waals surface area contributed by atoms with Crippen LogP contribution in [0.5, 0.6) is 5.75 Å². The van der Waals surface area contributed by atoms with Crippen molar-refractivity contribution < 1.29 is 9.47 Å². The first-order valence-electron chi connectivity index (χ1n) is 5.84. The van der Waals surface area contributed by atoms with Crippen LogP contribution in [-0.4, -0.2) is 18.8 Å². The molecule has 0 amide bonds. The van der Waals surface area contributed by atoms with Crippen molar-refractivity contribution in [2.45, 2.75) is 39.2 Å². The van der Waals surface area contributed by atoms with Gasteiger partial charge in [-0.15, -0.1) is 11.6 Å². The van der Waals surface area contributed by atoms with Gasteiger partial charge in [0.15, 0.2) is 0 Å². The number of hydrogen-bond donors (Lipinski definition) is 0. The summed E-state index contributed by atoms with van der Waals surface area (Å²) in [6, 6.07) is 6.03. The topological polar surface area (TPSA) is 18.5 Å². The molecule has 0 atom stereocenters. The van der Waals surface area contributed by atoms with E-state index in [1.54, 1.807) is 0 Å². The second-order valence-corrected chi connectivity index (χ2v) is 5.32. The van der Waals surface area contributed by atoms with Crippen LogP contribution in [0.2, 0.25) is 0 Å². The Morgan fingerprint density at radius 3 is 2.47 bits per heavy atom. The molecular weight excluding hydrogens is 236 g/mol. The minimum absolute atomic E-state index is 0.119. The molecule has 0 bridgehead atoms. The summed E-state index contributed by atoms with van der Waals surface area (Å²) in [6.45, 7) is 9.26. The van der Waals surface area contributed by atoms with Gasteiger partial charge in [0, 0.05) is 5.56 Å². The lowest BCUT2D eigenvalue weighted by molar-refractivity contribution is -0.0163. The van der Waals surface area contributed by atoms with Crippen LogP contribution in [0.15, 0.2) is 18.2 Å². The van der Waals surface area contributed by atoms with Gasteiger partial charge in [0.05, 0.1) is 18.1 Å². The van der Waals surface area contributed by atoms with E-state index in [9.17, 15) is 0 Å². The quantitative estimate of drug-likeness (QED) is 0.587. The predicted molar refractivity (Wildman–Crippen MR) is 71.9 cm³/mol. The molecule has 96 valence electrons. The first-order chi connectivity index (χ1) is 7.92. The molecule has 0 aromatic heterocycles. The SMILES string of the molecule is Cc1ccc(OCCOC(C)(C)C)c(CCl)c1. The summed E-state index contributed by atoms with van der Waals surface area (Å²) in [5.74, 6) is 1.32. The van der Waals surface area contributed by atoms with Crippen molar-refractivity contribution in [2.75, 3.05) is 13.2 Å². The van der Waals surface area contributed by atoms with Gasteiger partial charge in [-0.2, -0.15) is 0 Å². The van der Waals surface area contributed by atoms with Crippen molar-refractivity contribution in [3.05, 3.63) is 29.3 Å². The first-order valence-corrected chi connectivity index (χ1v) is 6.38. The summed E-state index contributed by atoms with van der Waals surface area (Å²) in [7, 11) is 0. The summed E-state index contributed by atoms with van der Waals surface area (Å²) < 4.78 is 11.3. The maximum Gasteiger partial charge on any atom is 0.123 e. The fourth-order valence-electron chi connectivity index (χ4n) is 1.45. The minimum Gasteiger partial charge on any atom is -0.491 e. The Morgan fingerprint density at radius 2 is 1.88 bits per heavy atom. The smallest absolute Gasteiger partial charge is 0.123 e. The van der Waals surface area contributed by atoms with Crippen molar-refractivity contribution in [2.24, 2.45) is 0 Å². The Kier molecular flexibility index (Phi) is 5.29. The summed E-state index contributed by atoms with van der Waals surface area (Å²) in [5, 5.41) is 0. The van der Waals surface area contributed by atoms with Gasteiger partial charge in [0.2, 0.25) is 0 Å². The minimum atomic E-state index is -0.119. The van der Waals surface area contributed by atoms with Crippen LogP contribution < -0.4 is 4.74 Å². The van der Waals surface area contributed by atoms with Gasteiger partial charge in [0.25, 0.3) is 0 Å². The lowest BCUT2D eigenvalue weighted by atomic mass is 10.1. The fraction of sp³-hybridized carbons (Fsp3) is 0.571. The number of benzene rings is 1. The molecule has 1 aromatic rings. The Hall–Kier alpha value is -0.730. The van der Waals surface area contributed by atoms with Crippen molar-refractivity contribution in [1.82, 2.24) is 0 Å². The molecule has 0 aliphatic rings. The monoisotopic (exact) mass is 256 g/mol. The van der Waals surface area contributed by atoms with E-state index in [2.05, 4.69) is 0 Å². The summed E-state index contributed by atoms with van der Waals surface area (Å²) in [5.41, 5.74) is 2.10. The van der Waals surface area contributed by atoms with Gasteiger partial charge in [-0.05, 0) is 33.8 Å². The maximum atomic E-state index is 5.88. The van der Waals surface area contributed by atoms with Crippen molar-refractivity contribution in [3.63, 3.8) is 0 Å². The predicted octanol–water partition coefficient (Wildman–Crippen LogP) is 3.93. The largest absolute Gasteiger partial charge is 0.491 e. The van der Waals surface area contributed by atoms with E-state index in [0.717, 1.165) is 11.3 Å².